The van der Waals surface area contributed by atoms with E-state index in [-0.39, 0.29) is 6.42 Å². The molecule has 1 atom stereocenters. The van der Waals surface area contributed by atoms with E-state index < -0.39 is 23.7 Å². The Morgan fingerprint density at radius 3 is 2.50 bits per heavy atom. The molecule has 128 valence electrons. The number of carbonyl (C=O) groups is 2. The minimum atomic E-state index is -1.13. The van der Waals surface area contributed by atoms with Crippen molar-refractivity contribution in [3.05, 3.63) is 48.2 Å². The summed E-state index contributed by atoms with van der Waals surface area (Å²) in [7, 11) is 0. The van der Waals surface area contributed by atoms with Gasteiger partial charge >= 0.3 is 12.1 Å². The highest BCUT2D eigenvalue weighted by atomic mass is 16.6. The fourth-order valence-corrected chi connectivity index (χ4v) is 2.24. The third-order valence-corrected chi connectivity index (χ3v) is 3.22. The average Bonchev–Trinajstić information content (AvgIpc) is 2.99. The van der Waals surface area contributed by atoms with Gasteiger partial charge in [0.2, 0.25) is 0 Å². The number of hydrogen-bond donors (Lipinski definition) is 2. The Labute approximate surface area is 140 Å². The maximum Gasteiger partial charge on any atom is 0.408 e. The fraction of sp³-hybridized carbons (Fsp3) is 0.333. The molecule has 24 heavy (non-hydrogen) atoms. The molecule has 0 aliphatic rings. The summed E-state index contributed by atoms with van der Waals surface area (Å²) in [6.07, 6.45) is 0.913. The van der Waals surface area contributed by atoms with Crippen LogP contribution in [0.3, 0.4) is 0 Å². The summed E-state index contributed by atoms with van der Waals surface area (Å²) in [5, 5.41) is 11.8. The Morgan fingerprint density at radius 1 is 1.21 bits per heavy atom. The van der Waals surface area contributed by atoms with Crippen molar-refractivity contribution in [2.24, 2.45) is 0 Å². The Hall–Kier alpha value is -2.76. The largest absolute Gasteiger partial charge is 0.480 e. The third-order valence-electron chi connectivity index (χ3n) is 3.22. The summed E-state index contributed by atoms with van der Waals surface area (Å²) in [6, 6.07) is 9.78. The maximum absolute atomic E-state index is 11.9. The van der Waals surface area contributed by atoms with E-state index in [4.69, 9.17) is 9.15 Å². The van der Waals surface area contributed by atoms with E-state index in [1.807, 2.05) is 24.3 Å². The Kier molecular flexibility index (Phi) is 5.28. The lowest BCUT2D eigenvalue weighted by molar-refractivity contribution is -0.139. The van der Waals surface area contributed by atoms with Crippen molar-refractivity contribution < 1.29 is 23.8 Å². The molecule has 0 saturated carbocycles. The number of rotatable bonds is 5. The summed E-state index contributed by atoms with van der Waals surface area (Å²) in [6.45, 7) is 5.15. The van der Waals surface area contributed by atoms with Crippen LogP contribution in [0.5, 0.6) is 0 Å². The van der Waals surface area contributed by atoms with Gasteiger partial charge in [0.25, 0.3) is 0 Å². The van der Waals surface area contributed by atoms with Crippen LogP contribution in [0, 0.1) is 0 Å². The number of ether oxygens (including phenoxy) is 1. The number of alkyl carbamates (subject to hydrolysis) is 1. The van der Waals surface area contributed by atoms with Crippen molar-refractivity contribution in [1.29, 1.82) is 0 Å². The topological polar surface area (TPSA) is 88.8 Å². The van der Waals surface area contributed by atoms with Gasteiger partial charge in [-0.2, -0.15) is 0 Å². The van der Waals surface area contributed by atoms with Crippen LogP contribution in [0.15, 0.2) is 47.1 Å². The van der Waals surface area contributed by atoms with Gasteiger partial charge in [-0.3, -0.25) is 0 Å². The number of carboxylic acids is 1. The highest BCUT2D eigenvalue weighted by molar-refractivity contribution is 5.80. The minimum Gasteiger partial charge on any atom is -0.480 e. The number of benzene rings is 1. The molecule has 2 N–H and O–H groups in total. The highest BCUT2D eigenvalue weighted by Gasteiger charge is 2.25. The first-order valence-electron chi connectivity index (χ1n) is 7.60. The molecule has 6 heteroatoms. The normalized spacial score (nSPS) is 12.5. The molecule has 0 fully saturated rings. The minimum absolute atomic E-state index is 0.117. The van der Waals surface area contributed by atoms with Gasteiger partial charge in [0, 0.05) is 12.0 Å². The van der Waals surface area contributed by atoms with Crippen molar-refractivity contribution in [3.8, 4) is 11.3 Å². The van der Waals surface area contributed by atoms with Crippen LogP contribution >= 0.6 is 0 Å². The highest BCUT2D eigenvalue weighted by Crippen LogP contribution is 2.25. The third kappa shape index (κ3) is 4.87. The molecule has 0 bridgehead atoms. The quantitative estimate of drug-likeness (QED) is 0.876. The van der Waals surface area contributed by atoms with Gasteiger partial charge in [0.15, 0.2) is 0 Å². The van der Waals surface area contributed by atoms with Gasteiger partial charge in [-0.15, -0.1) is 0 Å². The molecule has 0 aliphatic carbocycles. The van der Waals surface area contributed by atoms with Gasteiger partial charge in [0.05, 0.1) is 6.26 Å². The average molecular weight is 331 g/mol. The van der Waals surface area contributed by atoms with Crippen LogP contribution in [-0.4, -0.2) is 28.8 Å². The molecule has 0 aliphatic heterocycles. The zero-order chi connectivity index (χ0) is 17.7. The Morgan fingerprint density at radius 2 is 1.92 bits per heavy atom. The molecule has 0 radical (unpaired) electrons. The van der Waals surface area contributed by atoms with Crippen molar-refractivity contribution >= 4 is 12.1 Å². The van der Waals surface area contributed by atoms with Gasteiger partial charge < -0.3 is 19.6 Å². The molecule has 0 spiro atoms. The first-order valence-corrected chi connectivity index (χ1v) is 7.60. The molecule has 1 aromatic heterocycles. The number of nitrogens with one attached hydrogen (secondary N) is 1. The van der Waals surface area contributed by atoms with Crippen LogP contribution in [0.1, 0.15) is 26.3 Å². The lowest BCUT2D eigenvalue weighted by Crippen LogP contribution is -2.44. The van der Waals surface area contributed by atoms with Crippen molar-refractivity contribution in [2.45, 2.75) is 38.8 Å². The number of amides is 1. The molecule has 1 amide bonds. The zero-order valence-corrected chi connectivity index (χ0v) is 13.9. The first-order chi connectivity index (χ1) is 11.3. The Balaban J connectivity index is 2.17. The van der Waals surface area contributed by atoms with Crippen LogP contribution < -0.4 is 5.32 Å². The van der Waals surface area contributed by atoms with Crippen molar-refractivity contribution in [1.82, 2.24) is 5.32 Å². The molecule has 1 unspecified atom stereocenters. The molecule has 2 rings (SSSR count). The van der Waals surface area contributed by atoms with E-state index in [2.05, 4.69) is 5.32 Å². The number of hydrogen-bond acceptors (Lipinski definition) is 4. The number of carboxylic acid groups (broad SMARTS) is 1. The van der Waals surface area contributed by atoms with E-state index in [0.29, 0.717) is 5.76 Å². The molecule has 2 aromatic rings. The van der Waals surface area contributed by atoms with Crippen molar-refractivity contribution in [3.63, 3.8) is 0 Å². The summed E-state index contributed by atoms with van der Waals surface area (Å²) < 4.78 is 10.5. The Bertz CT molecular complexity index is 700. The SMILES string of the molecule is CC(C)(C)OC(=O)NC(Cc1ccccc1-c1ccco1)C(=O)O. The second kappa shape index (κ2) is 7.21. The van der Waals surface area contributed by atoms with Crippen LogP contribution in [0.25, 0.3) is 11.3 Å². The predicted octanol–water partition coefficient (Wildman–Crippen LogP) is 3.47. The summed E-state index contributed by atoms with van der Waals surface area (Å²) >= 11 is 0. The van der Waals surface area contributed by atoms with E-state index in [0.717, 1.165) is 11.1 Å². The van der Waals surface area contributed by atoms with Crippen LogP contribution in [-0.2, 0) is 16.0 Å². The standard InChI is InChI=1S/C18H21NO5/c1-18(2,3)24-17(22)19-14(16(20)21)11-12-7-4-5-8-13(12)15-9-6-10-23-15/h4-10,14H,11H2,1-3H3,(H,19,22)(H,20,21). The molecule has 6 nitrogen and oxygen atoms in total. The zero-order valence-electron chi connectivity index (χ0n) is 13.9. The lowest BCUT2D eigenvalue weighted by Gasteiger charge is -2.22. The molecular weight excluding hydrogens is 310 g/mol. The number of furan rings is 1. The molecule has 0 saturated heterocycles. The smallest absolute Gasteiger partial charge is 0.408 e. The maximum atomic E-state index is 11.9. The van der Waals surface area contributed by atoms with E-state index in [1.54, 1.807) is 39.2 Å². The lowest BCUT2D eigenvalue weighted by atomic mass is 9.99. The van der Waals surface area contributed by atoms with E-state index in [1.165, 1.54) is 0 Å². The molecule has 1 heterocycles. The van der Waals surface area contributed by atoms with Gasteiger partial charge in [-0.05, 0) is 38.5 Å². The van der Waals surface area contributed by atoms with Crippen LogP contribution in [0.2, 0.25) is 0 Å². The molecule has 1 aromatic carbocycles. The first kappa shape index (κ1) is 17.6. The predicted molar refractivity (Wildman–Crippen MR) is 88.6 cm³/mol. The molecular formula is C18H21NO5. The summed E-state index contributed by atoms with van der Waals surface area (Å²) in [5.41, 5.74) is 0.856. The van der Waals surface area contributed by atoms with Gasteiger partial charge in [-0.1, -0.05) is 24.3 Å². The second-order valence-electron chi connectivity index (χ2n) is 6.38. The van der Waals surface area contributed by atoms with Gasteiger partial charge in [0.1, 0.15) is 17.4 Å². The fourth-order valence-electron chi connectivity index (χ4n) is 2.24. The number of aliphatic carboxylic acids is 1. The summed E-state index contributed by atoms with van der Waals surface area (Å²) in [4.78, 5) is 23.4. The van der Waals surface area contributed by atoms with Crippen LogP contribution in [0.4, 0.5) is 4.79 Å². The monoisotopic (exact) mass is 331 g/mol. The number of carbonyl (C=O) groups excluding carboxylic acids is 1. The second-order valence-corrected chi connectivity index (χ2v) is 6.38. The van der Waals surface area contributed by atoms with E-state index >= 15 is 0 Å². The van der Waals surface area contributed by atoms with Gasteiger partial charge in [-0.25, -0.2) is 9.59 Å². The summed E-state index contributed by atoms with van der Waals surface area (Å²) in [5.74, 6) is -0.484. The van der Waals surface area contributed by atoms with E-state index in [9.17, 15) is 14.7 Å². The van der Waals surface area contributed by atoms with Crippen molar-refractivity contribution in [2.75, 3.05) is 0 Å².